The Morgan fingerprint density at radius 1 is 1.16 bits per heavy atom. The van der Waals surface area contributed by atoms with Crippen molar-refractivity contribution >= 4 is 12.1 Å². The van der Waals surface area contributed by atoms with Gasteiger partial charge in [-0.3, -0.25) is 4.79 Å². The van der Waals surface area contributed by atoms with E-state index in [0.29, 0.717) is 11.1 Å². The Morgan fingerprint density at radius 3 is 2.52 bits per heavy atom. The number of hydrogen-bond donors (Lipinski definition) is 1. The van der Waals surface area contributed by atoms with Crippen molar-refractivity contribution in [3.05, 3.63) is 65.2 Å². The second kappa shape index (κ2) is 9.89. The van der Waals surface area contributed by atoms with Crippen LogP contribution in [0.1, 0.15) is 47.7 Å². The largest absolute Gasteiger partial charge is 0.494 e. The lowest BCUT2D eigenvalue weighted by Crippen LogP contribution is -2.17. The fourth-order valence-electron chi connectivity index (χ4n) is 2.12. The van der Waals surface area contributed by atoms with E-state index in [0.717, 1.165) is 24.3 Å². The van der Waals surface area contributed by atoms with Crippen molar-refractivity contribution < 1.29 is 9.53 Å². The van der Waals surface area contributed by atoms with Gasteiger partial charge in [0, 0.05) is 5.56 Å². The molecule has 2 aromatic carbocycles. The lowest BCUT2D eigenvalue weighted by Gasteiger charge is -2.05. The summed E-state index contributed by atoms with van der Waals surface area (Å²) in [5.41, 5.74) is 4.29. The maximum absolute atomic E-state index is 11.9. The Labute approximate surface area is 147 Å². The van der Waals surface area contributed by atoms with Crippen molar-refractivity contribution in [2.45, 2.75) is 26.2 Å². The van der Waals surface area contributed by atoms with Crippen LogP contribution < -0.4 is 10.2 Å². The molecule has 0 aliphatic rings. The van der Waals surface area contributed by atoms with Gasteiger partial charge in [0.05, 0.1) is 24.5 Å². The molecule has 128 valence electrons. The number of ether oxygens (including phenoxy) is 1. The summed E-state index contributed by atoms with van der Waals surface area (Å²) in [6.45, 7) is 2.89. The van der Waals surface area contributed by atoms with E-state index >= 15 is 0 Å². The van der Waals surface area contributed by atoms with Gasteiger partial charge in [-0.1, -0.05) is 19.8 Å². The summed E-state index contributed by atoms with van der Waals surface area (Å²) in [5, 5.41) is 12.7. The van der Waals surface area contributed by atoms with Crippen LogP contribution in [-0.4, -0.2) is 18.7 Å². The monoisotopic (exact) mass is 335 g/mol. The third-order valence-electron chi connectivity index (χ3n) is 3.55. The molecule has 1 N–H and O–H groups in total. The number of hydrazone groups is 1. The third kappa shape index (κ3) is 6.11. The van der Waals surface area contributed by atoms with E-state index in [1.54, 1.807) is 30.5 Å². The highest BCUT2D eigenvalue weighted by atomic mass is 16.5. The fourth-order valence-corrected chi connectivity index (χ4v) is 2.12. The quantitative estimate of drug-likeness (QED) is 0.452. The molecule has 25 heavy (non-hydrogen) atoms. The molecule has 0 radical (unpaired) electrons. The number of nitriles is 1. The van der Waals surface area contributed by atoms with Crippen molar-refractivity contribution in [2.24, 2.45) is 5.10 Å². The van der Waals surface area contributed by atoms with Crippen LogP contribution in [0.15, 0.2) is 53.6 Å². The Morgan fingerprint density at radius 2 is 1.88 bits per heavy atom. The Hall–Kier alpha value is -3.13. The molecule has 0 saturated heterocycles. The number of carbonyl (C=O) groups is 1. The standard InChI is InChI=1S/C20H21N3O2/c1-2-3-4-13-25-19-11-7-17(8-12-19)15-22-23-20(24)18-9-5-16(14-21)6-10-18/h5-12,15H,2-4,13H2,1H3,(H,23,24)/b22-15-. The molecule has 0 heterocycles. The van der Waals surface area contributed by atoms with Gasteiger partial charge in [0.2, 0.25) is 0 Å². The van der Waals surface area contributed by atoms with E-state index in [4.69, 9.17) is 10.00 Å². The minimum absolute atomic E-state index is 0.323. The number of hydrogen-bond acceptors (Lipinski definition) is 4. The minimum Gasteiger partial charge on any atom is -0.494 e. The van der Waals surface area contributed by atoms with Crippen LogP contribution in [0.25, 0.3) is 0 Å². The van der Waals surface area contributed by atoms with Crippen LogP contribution >= 0.6 is 0 Å². The summed E-state index contributed by atoms with van der Waals surface area (Å²) < 4.78 is 5.65. The number of nitrogens with one attached hydrogen (secondary N) is 1. The highest BCUT2D eigenvalue weighted by molar-refractivity contribution is 5.94. The van der Waals surface area contributed by atoms with Gasteiger partial charge in [-0.05, 0) is 60.5 Å². The third-order valence-corrected chi connectivity index (χ3v) is 3.55. The Balaban J connectivity index is 1.82. The van der Waals surface area contributed by atoms with Gasteiger partial charge in [0.25, 0.3) is 5.91 Å². The average molecular weight is 335 g/mol. The highest BCUT2D eigenvalue weighted by Crippen LogP contribution is 2.12. The first-order chi connectivity index (χ1) is 12.2. The Bertz CT molecular complexity index is 744. The molecule has 0 aliphatic heterocycles. The van der Waals surface area contributed by atoms with Gasteiger partial charge in [0.15, 0.2) is 0 Å². The summed E-state index contributed by atoms with van der Waals surface area (Å²) in [6, 6.07) is 15.9. The zero-order valence-electron chi connectivity index (χ0n) is 14.2. The number of rotatable bonds is 8. The van der Waals surface area contributed by atoms with Gasteiger partial charge in [-0.15, -0.1) is 0 Å². The topological polar surface area (TPSA) is 74.5 Å². The first-order valence-electron chi connectivity index (χ1n) is 8.29. The molecular formula is C20H21N3O2. The summed E-state index contributed by atoms with van der Waals surface area (Å²) in [6.07, 6.45) is 4.97. The molecule has 0 aromatic heterocycles. The predicted molar refractivity (Wildman–Crippen MR) is 97.7 cm³/mol. The molecule has 0 spiro atoms. The first-order valence-corrected chi connectivity index (χ1v) is 8.29. The van der Waals surface area contributed by atoms with Gasteiger partial charge < -0.3 is 4.74 Å². The van der Waals surface area contributed by atoms with Crippen molar-refractivity contribution in [1.82, 2.24) is 5.43 Å². The number of benzene rings is 2. The molecule has 2 rings (SSSR count). The second-order valence-electron chi connectivity index (χ2n) is 5.51. The van der Waals surface area contributed by atoms with Crippen molar-refractivity contribution in [3.8, 4) is 11.8 Å². The van der Waals surface area contributed by atoms with Crippen molar-refractivity contribution in [2.75, 3.05) is 6.61 Å². The second-order valence-corrected chi connectivity index (χ2v) is 5.51. The van der Waals surface area contributed by atoms with Crippen molar-refractivity contribution in [1.29, 1.82) is 5.26 Å². The first kappa shape index (κ1) is 18.2. The Kier molecular flexibility index (Phi) is 7.20. The molecule has 0 aliphatic carbocycles. The highest BCUT2D eigenvalue weighted by Gasteiger charge is 2.03. The van der Waals surface area contributed by atoms with E-state index in [2.05, 4.69) is 17.5 Å². The van der Waals surface area contributed by atoms with Crippen molar-refractivity contribution in [3.63, 3.8) is 0 Å². The normalized spacial score (nSPS) is 10.4. The minimum atomic E-state index is -0.323. The number of nitrogens with zero attached hydrogens (tertiary/aromatic N) is 2. The van der Waals surface area contributed by atoms with Gasteiger partial charge in [0.1, 0.15) is 5.75 Å². The maximum atomic E-state index is 11.9. The van der Waals surface area contributed by atoms with Crippen LogP contribution in [0.5, 0.6) is 5.75 Å². The van der Waals surface area contributed by atoms with Gasteiger partial charge >= 0.3 is 0 Å². The summed E-state index contributed by atoms with van der Waals surface area (Å²) in [5.74, 6) is 0.506. The number of amides is 1. The van der Waals surface area contributed by atoms with Crippen LogP contribution in [0.4, 0.5) is 0 Å². The molecule has 0 saturated carbocycles. The summed E-state index contributed by atoms with van der Waals surface area (Å²) in [7, 11) is 0. The van der Waals surface area contributed by atoms with Gasteiger partial charge in [-0.2, -0.15) is 10.4 Å². The van der Waals surface area contributed by atoms with Crippen LogP contribution in [0.3, 0.4) is 0 Å². The van der Waals surface area contributed by atoms with Gasteiger partial charge in [-0.25, -0.2) is 5.43 Å². The molecule has 0 bridgehead atoms. The van der Waals surface area contributed by atoms with E-state index in [-0.39, 0.29) is 5.91 Å². The average Bonchev–Trinajstić information content (AvgIpc) is 2.66. The molecule has 2 aromatic rings. The molecular weight excluding hydrogens is 314 g/mol. The van der Waals surface area contributed by atoms with E-state index in [9.17, 15) is 4.79 Å². The number of carbonyl (C=O) groups excluding carboxylic acids is 1. The van der Waals surface area contributed by atoms with Crippen LogP contribution in [0, 0.1) is 11.3 Å². The molecule has 0 unspecified atom stereocenters. The smallest absolute Gasteiger partial charge is 0.271 e. The SMILES string of the molecule is CCCCCOc1ccc(/C=N\NC(=O)c2ccc(C#N)cc2)cc1. The summed E-state index contributed by atoms with van der Waals surface area (Å²) in [4.78, 5) is 11.9. The summed E-state index contributed by atoms with van der Waals surface area (Å²) >= 11 is 0. The van der Waals surface area contributed by atoms with E-state index in [1.807, 2.05) is 30.3 Å². The van der Waals surface area contributed by atoms with Crippen LogP contribution in [0.2, 0.25) is 0 Å². The lowest BCUT2D eigenvalue weighted by atomic mass is 10.1. The maximum Gasteiger partial charge on any atom is 0.271 e. The molecule has 5 nitrogen and oxygen atoms in total. The molecule has 5 heteroatoms. The molecule has 1 amide bonds. The van der Waals surface area contributed by atoms with E-state index in [1.165, 1.54) is 12.8 Å². The number of unbranched alkanes of at least 4 members (excludes halogenated alkanes) is 2. The molecule has 0 atom stereocenters. The predicted octanol–water partition coefficient (Wildman–Crippen LogP) is 3.89. The molecule has 0 fully saturated rings. The van der Waals surface area contributed by atoms with Crippen LogP contribution in [-0.2, 0) is 0 Å². The zero-order valence-corrected chi connectivity index (χ0v) is 14.2. The fraction of sp³-hybridized carbons (Fsp3) is 0.250. The lowest BCUT2D eigenvalue weighted by molar-refractivity contribution is 0.0955. The van der Waals surface area contributed by atoms with E-state index < -0.39 is 0 Å². The zero-order chi connectivity index (χ0) is 17.9.